The van der Waals surface area contributed by atoms with E-state index in [2.05, 4.69) is 37.2 Å². The predicted octanol–water partition coefficient (Wildman–Crippen LogP) is 4.98. The number of rotatable bonds is 14. The average molecular weight is 848 g/mol. The van der Waals surface area contributed by atoms with Gasteiger partial charge < -0.3 is 39.2 Å². The van der Waals surface area contributed by atoms with E-state index in [1.54, 1.807) is 44.2 Å². The minimum atomic E-state index is -0.998. The quantitative estimate of drug-likeness (QED) is 0.0988. The Balaban J connectivity index is 0.00000271. The zero-order valence-corrected chi connectivity index (χ0v) is 29.0. The molecule has 0 bridgehead atoms. The lowest BCUT2D eigenvalue weighted by Gasteiger charge is -2.21. The number of aryl methyl sites for hydroxylation is 1. The molecular formula is C31H34I2N2O10. The molecule has 2 heterocycles. The molecule has 4 rings (SSSR count). The van der Waals surface area contributed by atoms with E-state index in [4.69, 9.17) is 39.2 Å². The molecule has 14 heteroatoms. The summed E-state index contributed by atoms with van der Waals surface area (Å²) in [6.45, 7) is 3.46. The van der Waals surface area contributed by atoms with Crippen LogP contribution in [0.1, 0.15) is 42.5 Å². The van der Waals surface area contributed by atoms with Gasteiger partial charge in [0.1, 0.15) is 58.5 Å². The lowest BCUT2D eigenvalue weighted by atomic mass is 10.1. The van der Waals surface area contributed by atoms with Crippen molar-refractivity contribution < 1.29 is 37.4 Å². The molecule has 0 fully saturated rings. The van der Waals surface area contributed by atoms with Crippen LogP contribution < -0.4 is 31.8 Å². The molecule has 2 aromatic heterocycles. The number of esters is 2. The second-order valence-electron chi connectivity index (χ2n) is 9.75. The van der Waals surface area contributed by atoms with Crippen molar-refractivity contribution in [2.24, 2.45) is 11.5 Å². The van der Waals surface area contributed by atoms with Gasteiger partial charge in [-0.25, -0.2) is 4.79 Å². The van der Waals surface area contributed by atoms with Crippen LogP contribution >= 0.6 is 37.2 Å². The highest BCUT2D eigenvalue weighted by Gasteiger charge is 2.24. The molecule has 2 unspecified atom stereocenters. The lowest BCUT2D eigenvalue weighted by molar-refractivity contribution is -0.154. The van der Waals surface area contributed by atoms with Gasteiger partial charge in [-0.2, -0.15) is 0 Å². The normalized spacial score (nSPS) is 12.1. The molecule has 45 heavy (non-hydrogen) atoms. The van der Waals surface area contributed by atoms with Crippen molar-refractivity contribution in [1.82, 2.24) is 0 Å². The molecule has 0 aliphatic heterocycles. The van der Waals surface area contributed by atoms with E-state index in [9.17, 15) is 19.2 Å². The number of carbonyl (C=O) groups is 2. The minimum absolute atomic E-state index is 0.0852. The Kier molecular flexibility index (Phi) is 14.5. The molecule has 0 aliphatic carbocycles. The van der Waals surface area contributed by atoms with Gasteiger partial charge in [0.05, 0.1) is 6.61 Å². The number of halogens is 2. The second kappa shape index (κ2) is 18.1. The van der Waals surface area contributed by atoms with Gasteiger partial charge in [0.15, 0.2) is 17.0 Å². The lowest BCUT2D eigenvalue weighted by Crippen LogP contribution is -2.39. The number of fused-ring (bicyclic) bond motifs is 2. The van der Waals surface area contributed by atoms with Gasteiger partial charge in [-0.1, -0.05) is 18.6 Å². The predicted molar refractivity (Wildman–Crippen MR) is 185 cm³/mol. The van der Waals surface area contributed by atoms with Crippen molar-refractivity contribution in [1.29, 1.82) is 0 Å². The molecule has 2 aromatic carbocycles. The van der Waals surface area contributed by atoms with Crippen molar-refractivity contribution in [3.05, 3.63) is 80.5 Å². The van der Waals surface area contributed by atoms with Crippen LogP contribution in [-0.2, 0) is 14.3 Å². The van der Waals surface area contributed by atoms with Crippen LogP contribution in [0.25, 0.3) is 21.9 Å². The van der Waals surface area contributed by atoms with E-state index in [1.165, 1.54) is 12.1 Å². The van der Waals surface area contributed by atoms with Gasteiger partial charge in [-0.3, -0.25) is 14.4 Å². The maximum atomic E-state index is 12.9. The molecular weight excluding hydrogens is 814 g/mol. The number of carbonyl (C=O) groups excluding carboxylic acids is 2. The molecule has 4 aromatic rings. The highest BCUT2D eigenvalue weighted by atomic mass is 128. The first kappa shape index (κ1) is 36.3. The molecule has 242 valence electrons. The monoisotopic (exact) mass is 848 g/mol. The molecule has 0 radical (unpaired) electrons. The number of hydrogen-bond donors (Lipinski definition) is 2. The summed E-state index contributed by atoms with van der Waals surface area (Å²) in [5.74, 6) is -0.855. The van der Waals surface area contributed by atoms with E-state index >= 15 is 0 Å². The van der Waals surface area contributed by atoms with Crippen LogP contribution in [0.15, 0.2) is 67.0 Å². The van der Waals surface area contributed by atoms with E-state index in [1.807, 2.05) is 0 Å². The third-order valence-corrected chi connectivity index (χ3v) is 6.44. The van der Waals surface area contributed by atoms with Crippen molar-refractivity contribution in [3.8, 4) is 11.5 Å². The smallest absolute Gasteiger partial charge is 0.374 e. The topological polar surface area (TPSA) is 184 Å². The third kappa shape index (κ3) is 9.88. The Morgan fingerprint density at radius 3 is 2.04 bits per heavy atom. The highest BCUT2D eigenvalue weighted by molar-refractivity contribution is 15.0. The van der Waals surface area contributed by atoms with Crippen LogP contribution in [0, 0.1) is 6.92 Å². The van der Waals surface area contributed by atoms with E-state index in [-0.39, 0.29) is 58.9 Å². The van der Waals surface area contributed by atoms with Gasteiger partial charge in [0.25, 0.3) is 0 Å². The highest BCUT2D eigenvalue weighted by Crippen LogP contribution is 2.26. The fourth-order valence-corrected chi connectivity index (χ4v) is 4.38. The molecule has 12 nitrogen and oxygen atoms in total. The standard InChI is InChI=1S/C31H34N2O10.I2/c1-3-38-31(37)27-15-22(35)29-24(10-7-12-26(29)43-27)40-17-19(42-30(36)20(33)8-4-5-13-32)16-39-23-9-6-11-25-28(23)21(34)14-18(2)41-25;1-2/h6-7,9-12,14-15,19-20H,3-5,8,13,16-17,32-33H2,1-2H3;. The van der Waals surface area contributed by atoms with Crippen LogP contribution in [0.4, 0.5) is 0 Å². The first-order valence-corrected chi connectivity index (χ1v) is 20.3. The average Bonchev–Trinajstić information content (AvgIpc) is 3.02. The SMILES string of the molecule is CCOC(=O)c1cc(=O)c2c(OCC(COc3cccc4oc(C)cc(=O)c34)OC(=O)C(N)CCCCN)cccc2o1.II. The van der Waals surface area contributed by atoms with E-state index in [0.717, 1.165) is 6.07 Å². The fourth-order valence-electron chi connectivity index (χ4n) is 4.38. The minimum Gasteiger partial charge on any atom is -0.489 e. The molecule has 0 amide bonds. The summed E-state index contributed by atoms with van der Waals surface area (Å²) in [5.41, 5.74) is 11.2. The number of ether oxygens (including phenoxy) is 4. The summed E-state index contributed by atoms with van der Waals surface area (Å²) in [6.07, 6.45) is 0.736. The summed E-state index contributed by atoms with van der Waals surface area (Å²) in [5, 5.41) is 0.323. The van der Waals surface area contributed by atoms with Crippen LogP contribution in [0.2, 0.25) is 0 Å². The molecule has 2 atom stereocenters. The zero-order chi connectivity index (χ0) is 32.9. The fraction of sp³-hybridized carbons (Fsp3) is 0.355. The maximum Gasteiger partial charge on any atom is 0.374 e. The van der Waals surface area contributed by atoms with Crippen molar-refractivity contribution >= 4 is 71.1 Å². The Labute approximate surface area is 282 Å². The van der Waals surface area contributed by atoms with E-state index < -0.39 is 29.5 Å². The molecule has 0 aliphatic rings. The van der Waals surface area contributed by atoms with Crippen LogP contribution in [0.5, 0.6) is 11.5 Å². The van der Waals surface area contributed by atoms with Crippen molar-refractivity contribution in [2.75, 3.05) is 26.4 Å². The number of hydrogen-bond acceptors (Lipinski definition) is 12. The first-order chi connectivity index (χ1) is 21.7. The Morgan fingerprint density at radius 2 is 1.47 bits per heavy atom. The number of nitrogens with two attached hydrogens (primary N) is 2. The largest absolute Gasteiger partial charge is 0.489 e. The third-order valence-electron chi connectivity index (χ3n) is 6.44. The molecule has 0 spiro atoms. The zero-order valence-electron chi connectivity index (χ0n) is 24.7. The van der Waals surface area contributed by atoms with Crippen molar-refractivity contribution in [2.45, 2.75) is 45.3 Å². The Hall–Kier alpha value is -3.22. The summed E-state index contributed by atoms with van der Waals surface area (Å²) in [7, 11) is 0. The molecule has 4 N–H and O–H groups in total. The molecule has 0 saturated heterocycles. The van der Waals surface area contributed by atoms with Gasteiger partial charge in [0.2, 0.25) is 5.76 Å². The van der Waals surface area contributed by atoms with Gasteiger partial charge in [-0.05, 0) is 57.5 Å². The summed E-state index contributed by atoms with van der Waals surface area (Å²) in [4.78, 5) is 50.6. The van der Waals surface area contributed by atoms with Crippen LogP contribution in [-0.4, -0.2) is 50.4 Å². The summed E-state index contributed by atoms with van der Waals surface area (Å²) >= 11 is 4.24. The second-order valence-corrected chi connectivity index (χ2v) is 9.75. The van der Waals surface area contributed by atoms with Crippen molar-refractivity contribution in [3.63, 3.8) is 0 Å². The van der Waals surface area contributed by atoms with Gasteiger partial charge in [-0.15, -0.1) is 0 Å². The van der Waals surface area contributed by atoms with Gasteiger partial charge >= 0.3 is 11.9 Å². The summed E-state index contributed by atoms with van der Waals surface area (Å²) in [6, 6.07) is 11.1. The maximum absolute atomic E-state index is 12.9. The van der Waals surface area contributed by atoms with Gasteiger partial charge in [0, 0.05) is 49.4 Å². The molecule has 0 saturated carbocycles. The first-order valence-electron chi connectivity index (χ1n) is 14.0. The number of unbranched alkanes of at least 4 members (excludes halogenated alkanes) is 1. The summed E-state index contributed by atoms with van der Waals surface area (Å²) < 4.78 is 33.7. The Morgan fingerprint density at radius 1 is 0.889 bits per heavy atom. The van der Waals surface area contributed by atoms with E-state index in [0.29, 0.717) is 37.2 Å². The Bertz CT molecular complexity index is 1720. The van der Waals surface area contributed by atoms with Crippen LogP contribution in [0.3, 0.4) is 0 Å². The number of benzene rings is 2.